The average Bonchev–Trinajstić information content (AvgIpc) is 3.02. The lowest BCUT2D eigenvalue weighted by Crippen LogP contribution is -2.25. The average molecular weight is 257 g/mol. The molecule has 2 atom stereocenters. The molecule has 2 aromatic rings. The van der Waals surface area contributed by atoms with Crippen LogP contribution in [0.2, 0.25) is 0 Å². The van der Waals surface area contributed by atoms with Crippen molar-refractivity contribution < 1.29 is 9.21 Å². The minimum atomic E-state index is 0.171. The van der Waals surface area contributed by atoms with E-state index >= 15 is 0 Å². The number of hydrogen-bond acceptors (Lipinski definition) is 2. The number of hydrogen-bond donors (Lipinski definition) is 1. The fourth-order valence-corrected chi connectivity index (χ4v) is 2.72. The van der Waals surface area contributed by atoms with E-state index in [-0.39, 0.29) is 5.91 Å². The van der Waals surface area contributed by atoms with Gasteiger partial charge in [-0.05, 0) is 36.3 Å². The summed E-state index contributed by atoms with van der Waals surface area (Å²) < 4.78 is 5.58. The van der Waals surface area contributed by atoms with Gasteiger partial charge >= 0.3 is 0 Å². The number of para-hydroxylation sites is 1. The van der Waals surface area contributed by atoms with Crippen LogP contribution in [0, 0.1) is 5.92 Å². The highest BCUT2D eigenvalue weighted by Crippen LogP contribution is 2.49. The van der Waals surface area contributed by atoms with Crippen molar-refractivity contribution in [2.75, 3.05) is 6.54 Å². The predicted octanol–water partition coefficient (Wildman–Crippen LogP) is 3.45. The summed E-state index contributed by atoms with van der Waals surface area (Å²) in [6, 6.07) is 8.30. The van der Waals surface area contributed by atoms with Gasteiger partial charge in [0.2, 0.25) is 5.91 Å². The molecule has 0 aliphatic heterocycles. The fourth-order valence-electron chi connectivity index (χ4n) is 2.72. The van der Waals surface area contributed by atoms with Crippen LogP contribution < -0.4 is 5.32 Å². The highest BCUT2D eigenvalue weighted by atomic mass is 16.3. The molecule has 3 heteroatoms. The summed E-state index contributed by atoms with van der Waals surface area (Å²) >= 11 is 0. The first-order chi connectivity index (χ1) is 9.29. The second-order valence-corrected chi connectivity index (χ2v) is 5.34. The Morgan fingerprint density at radius 1 is 1.42 bits per heavy atom. The molecule has 0 unspecified atom stereocenters. The van der Waals surface area contributed by atoms with Gasteiger partial charge in [0, 0.05) is 18.4 Å². The third-order valence-electron chi connectivity index (χ3n) is 3.87. The van der Waals surface area contributed by atoms with Crippen LogP contribution in [0.1, 0.15) is 37.7 Å². The largest absolute Gasteiger partial charge is 0.464 e. The first-order valence-electron chi connectivity index (χ1n) is 7.02. The molecule has 1 aromatic carbocycles. The third-order valence-corrected chi connectivity index (χ3v) is 3.87. The molecule has 3 rings (SSSR count). The molecule has 1 aromatic heterocycles. The Morgan fingerprint density at radius 3 is 3.16 bits per heavy atom. The van der Waals surface area contributed by atoms with Crippen LogP contribution in [0.15, 0.2) is 34.9 Å². The number of rotatable bonds is 5. The van der Waals surface area contributed by atoms with Gasteiger partial charge in [0.05, 0.1) is 6.26 Å². The lowest BCUT2D eigenvalue weighted by molar-refractivity contribution is -0.121. The lowest BCUT2D eigenvalue weighted by atomic mass is 10.1. The monoisotopic (exact) mass is 257 g/mol. The molecule has 1 aliphatic rings. The second kappa shape index (κ2) is 5.08. The van der Waals surface area contributed by atoms with E-state index in [2.05, 4.69) is 23.5 Å². The maximum absolute atomic E-state index is 11.5. The molecule has 1 N–H and O–H groups in total. The summed E-state index contributed by atoms with van der Waals surface area (Å²) in [4.78, 5) is 11.5. The molecule has 1 heterocycles. The van der Waals surface area contributed by atoms with Crippen LogP contribution in [0.5, 0.6) is 0 Å². The highest BCUT2D eigenvalue weighted by molar-refractivity contribution is 5.81. The minimum absolute atomic E-state index is 0.171. The number of furan rings is 1. The van der Waals surface area contributed by atoms with E-state index in [1.54, 1.807) is 6.26 Å². The van der Waals surface area contributed by atoms with Gasteiger partial charge in [-0.25, -0.2) is 0 Å². The summed E-state index contributed by atoms with van der Waals surface area (Å²) in [5, 5.41) is 4.18. The molecule has 1 aliphatic carbocycles. The Hall–Kier alpha value is -1.77. The van der Waals surface area contributed by atoms with E-state index in [0.717, 1.165) is 30.4 Å². The number of nitrogens with one attached hydrogen (secondary N) is 1. The number of amides is 1. The maximum Gasteiger partial charge on any atom is 0.219 e. The van der Waals surface area contributed by atoms with Gasteiger partial charge in [-0.3, -0.25) is 4.79 Å². The van der Waals surface area contributed by atoms with Crippen LogP contribution in [0.3, 0.4) is 0 Å². The summed E-state index contributed by atoms with van der Waals surface area (Å²) in [5.74, 6) is 1.28. The fraction of sp³-hybridized carbons (Fsp3) is 0.438. The highest BCUT2D eigenvalue weighted by Gasteiger charge is 2.39. The molecular weight excluding hydrogens is 238 g/mol. The van der Waals surface area contributed by atoms with E-state index in [1.165, 1.54) is 5.56 Å². The van der Waals surface area contributed by atoms with Crippen LogP contribution >= 0.6 is 0 Å². The minimum Gasteiger partial charge on any atom is -0.464 e. The molecule has 0 spiro atoms. The first kappa shape index (κ1) is 12.3. The normalized spacial score (nSPS) is 21.5. The van der Waals surface area contributed by atoms with Crippen molar-refractivity contribution in [3.8, 4) is 0 Å². The van der Waals surface area contributed by atoms with Crippen LogP contribution in [0.25, 0.3) is 11.0 Å². The zero-order valence-electron chi connectivity index (χ0n) is 11.2. The first-order valence-corrected chi connectivity index (χ1v) is 7.02. The number of fused-ring (bicyclic) bond motifs is 1. The molecule has 0 radical (unpaired) electrons. The Morgan fingerprint density at radius 2 is 2.32 bits per heavy atom. The van der Waals surface area contributed by atoms with Crippen molar-refractivity contribution in [1.29, 1.82) is 0 Å². The number of carbonyl (C=O) groups is 1. The number of benzene rings is 1. The lowest BCUT2D eigenvalue weighted by Gasteiger charge is -2.04. The van der Waals surface area contributed by atoms with E-state index in [9.17, 15) is 4.79 Å². The Bertz CT molecular complexity index is 587. The Balaban J connectivity index is 1.63. The van der Waals surface area contributed by atoms with E-state index in [4.69, 9.17) is 4.42 Å². The standard InChI is InChI=1S/C16H19NO2/c1-2-4-15(18)17-10-12-9-14(12)13-6-3-5-11-7-8-19-16(11)13/h3,5-8,12,14H,2,4,9-10H2,1H3,(H,17,18)/t12-,14+/m0/s1. The molecule has 3 nitrogen and oxygen atoms in total. The topological polar surface area (TPSA) is 42.2 Å². The smallest absolute Gasteiger partial charge is 0.219 e. The Kier molecular flexibility index (Phi) is 3.28. The number of carbonyl (C=O) groups excluding carboxylic acids is 1. The van der Waals surface area contributed by atoms with Crippen molar-refractivity contribution in [1.82, 2.24) is 5.32 Å². The summed E-state index contributed by atoms with van der Waals surface area (Å²) in [7, 11) is 0. The molecule has 1 fully saturated rings. The molecule has 100 valence electrons. The predicted molar refractivity (Wildman–Crippen MR) is 75.0 cm³/mol. The van der Waals surface area contributed by atoms with Crippen molar-refractivity contribution in [3.63, 3.8) is 0 Å². The zero-order chi connectivity index (χ0) is 13.2. The maximum atomic E-state index is 11.5. The van der Waals surface area contributed by atoms with Crippen molar-refractivity contribution in [2.45, 2.75) is 32.1 Å². The van der Waals surface area contributed by atoms with Crippen LogP contribution in [-0.2, 0) is 4.79 Å². The van der Waals surface area contributed by atoms with E-state index in [1.807, 2.05) is 13.0 Å². The van der Waals surface area contributed by atoms with Crippen LogP contribution in [0.4, 0.5) is 0 Å². The van der Waals surface area contributed by atoms with Gasteiger partial charge in [0.1, 0.15) is 5.58 Å². The van der Waals surface area contributed by atoms with Gasteiger partial charge in [-0.2, -0.15) is 0 Å². The van der Waals surface area contributed by atoms with Gasteiger partial charge < -0.3 is 9.73 Å². The molecular formula is C16H19NO2. The van der Waals surface area contributed by atoms with Gasteiger partial charge in [0.15, 0.2) is 0 Å². The summed E-state index contributed by atoms with van der Waals surface area (Å²) in [5.41, 5.74) is 2.30. The molecule has 0 bridgehead atoms. The summed E-state index contributed by atoms with van der Waals surface area (Å²) in [6.07, 6.45) is 4.43. The molecule has 19 heavy (non-hydrogen) atoms. The molecule has 0 saturated heterocycles. The third kappa shape index (κ3) is 2.50. The Labute approximate surface area is 113 Å². The molecule has 1 saturated carbocycles. The van der Waals surface area contributed by atoms with E-state index in [0.29, 0.717) is 18.3 Å². The molecule has 1 amide bonds. The van der Waals surface area contributed by atoms with Crippen molar-refractivity contribution >= 4 is 16.9 Å². The quantitative estimate of drug-likeness (QED) is 0.891. The van der Waals surface area contributed by atoms with E-state index < -0.39 is 0 Å². The SMILES string of the molecule is CCCC(=O)NC[C@@H]1C[C@H]1c1cccc2ccoc12. The van der Waals surface area contributed by atoms with Crippen molar-refractivity contribution in [2.24, 2.45) is 5.92 Å². The second-order valence-electron chi connectivity index (χ2n) is 5.34. The van der Waals surface area contributed by atoms with Crippen LogP contribution in [-0.4, -0.2) is 12.5 Å². The van der Waals surface area contributed by atoms with Gasteiger partial charge in [-0.15, -0.1) is 0 Å². The summed E-state index contributed by atoms with van der Waals surface area (Å²) in [6.45, 7) is 2.82. The van der Waals surface area contributed by atoms with Gasteiger partial charge in [0.25, 0.3) is 0 Å². The van der Waals surface area contributed by atoms with Crippen molar-refractivity contribution in [3.05, 3.63) is 36.1 Å². The van der Waals surface area contributed by atoms with Gasteiger partial charge in [-0.1, -0.05) is 25.1 Å². The zero-order valence-corrected chi connectivity index (χ0v) is 11.2.